The topological polar surface area (TPSA) is 68.3 Å². The van der Waals surface area contributed by atoms with Gasteiger partial charge in [-0.15, -0.1) is 0 Å². The number of nitrogens with zero attached hydrogens (tertiary/aromatic N) is 1. The lowest BCUT2D eigenvalue weighted by Crippen LogP contribution is -2.27. The van der Waals surface area contributed by atoms with Crippen LogP contribution in [0.25, 0.3) is 0 Å². The maximum atomic E-state index is 13.0. The molecule has 1 heterocycles. The highest BCUT2D eigenvalue weighted by atomic mass is 32.1. The van der Waals surface area contributed by atoms with E-state index in [0.29, 0.717) is 11.3 Å². The number of aromatic nitrogens is 1. The SMILES string of the molecule is CC(C)(C)OC(=O)Nc1nc(C(F)(F)S)c(C=O)s1. The molecule has 1 N–H and O–H groups in total. The van der Waals surface area contributed by atoms with Gasteiger partial charge in [-0.1, -0.05) is 24.0 Å². The van der Waals surface area contributed by atoms with Crippen LogP contribution in [0.3, 0.4) is 0 Å². The fraction of sp³-hybridized carbons (Fsp3) is 0.500. The van der Waals surface area contributed by atoms with Crippen molar-refractivity contribution in [3.05, 3.63) is 10.6 Å². The third kappa shape index (κ3) is 4.75. The van der Waals surface area contributed by atoms with Crippen LogP contribution in [0.4, 0.5) is 18.7 Å². The first-order valence-corrected chi connectivity index (χ1v) is 6.36. The number of anilines is 1. The van der Waals surface area contributed by atoms with Gasteiger partial charge in [0.2, 0.25) is 0 Å². The summed E-state index contributed by atoms with van der Waals surface area (Å²) in [6.45, 7) is 4.95. The Labute approximate surface area is 117 Å². The van der Waals surface area contributed by atoms with Gasteiger partial charge in [-0.05, 0) is 20.8 Å². The molecule has 1 aromatic heterocycles. The first-order chi connectivity index (χ1) is 8.53. The Kier molecular flexibility index (Phi) is 4.51. The summed E-state index contributed by atoms with van der Waals surface area (Å²) in [5.74, 6) is 0. The van der Waals surface area contributed by atoms with Crippen LogP contribution >= 0.6 is 24.0 Å². The molecular weight excluding hydrogens is 298 g/mol. The Morgan fingerprint density at radius 2 is 2.05 bits per heavy atom. The first kappa shape index (κ1) is 15.8. The van der Waals surface area contributed by atoms with E-state index in [0.717, 1.165) is 0 Å². The standard InChI is InChI=1S/C10H12F2N2O3S2/c1-9(2,3)17-8(16)14-7-13-6(10(11,12)18)5(4-15)19-7/h4,18H,1-3H3,(H,13,14,16). The molecule has 0 radical (unpaired) electrons. The molecule has 0 fully saturated rings. The molecule has 19 heavy (non-hydrogen) atoms. The van der Waals surface area contributed by atoms with E-state index in [-0.39, 0.29) is 16.3 Å². The van der Waals surface area contributed by atoms with Crippen molar-refractivity contribution in [1.29, 1.82) is 0 Å². The zero-order chi connectivity index (χ0) is 14.8. The lowest BCUT2D eigenvalue weighted by atomic mass is 10.2. The van der Waals surface area contributed by atoms with Crippen molar-refractivity contribution in [3.8, 4) is 0 Å². The number of amides is 1. The first-order valence-electron chi connectivity index (χ1n) is 5.09. The molecule has 0 aliphatic rings. The molecule has 0 saturated heterocycles. The minimum absolute atomic E-state index is 0.153. The number of hydrogen-bond acceptors (Lipinski definition) is 6. The zero-order valence-corrected chi connectivity index (χ0v) is 12.1. The Bertz CT molecular complexity index is 492. The van der Waals surface area contributed by atoms with Crippen LogP contribution in [0, 0.1) is 0 Å². The maximum Gasteiger partial charge on any atom is 0.413 e. The Hall–Kier alpha value is -1.22. The molecule has 0 aliphatic carbocycles. The minimum atomic E-state index is -3.55. The second kappa shape index (κ2) is 5.41. The van der Waals surface area contributed by atoms with Crippen LogP contribution in [0.1, 0.15) is 36.1 Å². The highest BCUT2D eigenvalue weighted by Crippen LogP contribution is 2.36. The van der Waals surface area contributed by atoms with E-state index in [1.165, 1.54) is 0 Å². The molecule has 0 bridgehead atoms. The Morgan fingerprint density at radius 3 is 2.42 bits per heavy atom. The van der Waals surface area contributed by atoms with Gasteiger partial charge < -0.3 is 4.74 Å². The van der Waals surface area contributed by atoms with Crippen molar-refractivity contribution < 1.29 is 23.1 Å². The molecular formula is C10H12F2N2O3S2. The second-order valence-electron chi connectivity index (χ2n) is 4.52. The lowest BCUT2D eigenvalue weighted by Gasteiger charge is -2.18. The fourth-order valence-electron chi connectivity index (χ4n) is 1.07. The van der Waals surface area contributed by atoms with E-state index in [4.69, 9.17) is 4.74 Å². The van der Waals surface area contributed by atoms with E-state index < -0.39 is 22.6 Å². The molecule has 1 rings (SSSR count). The third-order valence-corrected chi connectivity index (χ3v) is 2.76. The number of carbonyl (C=O) groups excluding carboxylic acids is 2. The summed E-state index contributed by atoms with van der Waals surface area (Å²) in [7, 11) is 0. The summed E-state index contributed by atoms with van der Waals surface area (Å²) in [5.41, 5.74) is -1.52. The quantitative estimate of drug-likeness (QED) is 0.664. The second-order valence-corrected chi connectivity index (χ2v) is 6.11. The summed E-state index contributed by atoms with van der Waals surface area (Å²) in [6, 6.07) is 0. The van der Waals surface area contributed by atoms with Crippen molar-refractivity contribution in [2.45, 2.75) is 31.6 Å². The molecule has 1 amide bonds. The zero-order valence-electron chi connectivity index (χ0n) is 10.4. The predicted molar refractivity (Wildman–Crippen MR) is 70.2 cm³/mol. The van der Waals surface area contributed by atoms with Crippen molar-refractivity contribution in [2.24, 2.45) is 0 Å². The van der Waals surface area contributed by atoms with E-state index in [2.05, 4.69) is 22.9 Å². The predicted octanol–water partition coefficient (Wildman–Crippen LogP) is 3.28. The van der Waals surface area contributed by atoms with Crippen LogP contribution in [0.15, 0.2) is 0 Å². The molecule has 0 aromatic carbocycles. The van der Waals surface area contributed by atoms with Crippen molar-refractivity contribution in [1.82, 2.24) is 4.98 Å². The molecule has 106 valence electrons. The van der Waals surface area contributed by atoms with Gasteiger partial charge in [-0.2, -0.15) is 8.78 Å². The van der Waals surface area contributed by atoms with Gasteiger partial charge >= 0.3 is 11.3 Å². The Balaban J connectivity index is 2.90. The molecule has 0 unspecified atom stereocenters. The molecule has 0 saturated carbocycles. The minimum Gasteiger partial charge on any atom is -0.444 e. The third-order valence-electron chi connectivity index (χ3n) is 1.65. The molecule has 0 aliphatic heterocycles. The fourth-order valence-corrected chi connectivity index (χ4v) is 2.12. The van der Waals surface area contributed by atoms with Gasteiger partial charge in [-0.25, -0.2) is 9.78 Å². The molecule has 0 atom stereocenters. The summed E-state index contributed by atoms with van der Waals surface area (Å²) in [5, 5.41) is -1.52. The van der Waals surface area contributed by atoms with E-state index in [1.54, 1.807) is 20.8 Å². The lowest BCUT2D eigenvalue weighted by molar-refractivity contribution is 0.0635. The summed E-state index contributed by atoms with van der Waals surface area (Å²) in [4.78, 5) is 25.3. The number of halogens is 2. The molecule has 1 aromatic rings. The van der Waals surface area contributed by atoms with Crippen LogP contribution in [-0.2, 0) is 9.99 Å². The number of aldehydes is 1. The van der Waals surface area contributed by atoms with Crippen LogP contribution in [0.5, 0.6) is 0 Å². The van der Waals surface area contributed by atoms with Gasteiger partial charge in [0.05, 0.1) is 4.88 Å². The van der Waals surface area contributed by atoms with Crippen LogP contribution < -0.4 is 5.32 Å². The number of carbonyl (C=O) groups is 2. The molecule has 9 heteroatoms. The van der Waals surface area contributed by atoms with Crippen LogP contribution in [0.2, 0.25) is 0 Å². The number of ether oxygens (including phenoxy) is 1. The molecule has 5 nitrogen and oxygen atoms in total. The van der Waals surface area contributed by atoms with Crippen molar-refractivity contribution in [2.75, 3.05) is 5.32 Å². The summed E-state index contributed by atoms with van der Waals surface area (Å²) in [6.07, 6.45) is -0.607. The normalized spacial score (nSPS) is 12.1. The monoisotopic (exact) mass is 310 g/mol. The average molecular weight is 310 g/mol. The van der Waals surface area contributed by atoms with Gasteiger partial charge in [-0.3, -0.25) is 10.1 Å². The van der Waals surface area contributed by atoms with Crippen LogP contribution in [-0.4, -0.2) is 23.0 Å². The van der Waals surface area contributed by atoms with E-state index in [9.17, 15) is 18.4 Å². The largest absolute Gasteiger partial charge is 0.444 e. The van der Waals surface area contributed by atoms with Gasteiger partial charge in [0, 0.05) is 0 Å². The average Bonchev–Trinajstić information content (AvgIpc) is 2.57. The number of nitrogens with one attached hydrogen (secondary N) is 1. The van der Waals surface area contributed by atoms with Gasteiger partial charge in [0.15, 0.2) is 11.4 Å². The number of thiazole rings is 1. The van der Waals surface area contributed by atoms with E-state index >= 15 is 0 Å². The summed E-state index contributed by atoms with van der Waals surface area (Å²) >= 11 is 3.67. The van der Waals surface area contributed by atoms with Gasteiger partial charge in [0.1, 0.15) is 11.3 Å². The van der Waals surface area contributed by atoms with E-state index in [1.807, 2.05) is 0 Å². The van der Waals surface area contributed by atoms with Crippen molar-refractivity contribution in [3.63, 3.8) is 0 Å². The Morgan fingerprint density at radius 1 is 1.47 bits per heavy atom. The smallest absolute Gasteiger partial charge is 0.413 e. The summed E-state index contributed by atoms with van der Waals surface area (Å²) < 4.78 is 31.0. The van der Waals surface area contributed by atoms with Crippen molar-refractivity contribution >= 4 is 41.5 Å². The van der Waals surface area contributed by atoms with Gasteiger partial charge in [0.25, 0.3) is 0 Å². The number of thiol groups is 1. The molecule has 0 spiro atoms. The maximum absolute atomic E-state index is 13.0. The highest BCUT2D eigenvalue weighted by molar-refractivity contribution is 7.81. The number of hydrogen-bond donors (Lipinski definition) is 2. The highest BCUT2D eigenvalue weighted by Gasteiger charge is 2.33. The number of rotatable bonds is 3. The number of alkyl halides is 2.